The molecule has 0 aliphatic carbocycles. The van der Waals surface area contributed by atoms with Gasteiger partial charge in [-0.15, -0.1) is 0 Å². The molecule has 2 aromatic heterocycles. The Bertz CT molecular complexity index is 853. The topological polar surface area (TPSA) is 30.2 Å². The first-order valence-corrected chi connectivity index (χ1v) is 6.95. The van der Waals surface area contributed by atoms with Crippen molar-refractivity contribution < 1.29 is 17.6 Å². The summed E-state index contributed by atoms with van der Waals surface area (Å²) in [7, 11) is 0. The van der Waals surface area contributed by atoms with Crippen molar-refractivity contribution in [1.29, 1.82) is 0 Å². The van der Waals surface area contributed by atoms with Crippen LogP contribution in [0.2, 0.25) is 0 Å². The second-order valence-corrected chi connectivity index (χ2v) is 5.46. The molecule has 3 aromatic rings. The van der Waals surface area contributed by atoms with E-state index < -0.39 is 17.7 Å². The minimum atomic E-state index is -4.59. The van der Waals surface area contributed by atoms with Gasteiger partial charge in [-0.05, 0) is 53.2 Å². The minimum Gasteiger partial charge on any atom is -0.227 e. The molecule has 0 saturated carbocycles. The number of fused-ring (bicyclic) bond motifs is 1. The van der Waals surface area contributed by atoms with Crippen LogP contribution >= 0.6 is 15.9 Å². The molecule has 3 nitrogen and oxygen atoms in total. The molecular weight excluding hydrogens is 366 g/mol. The number of aryl methyl sites for hydroxylation is 1. The largest absolute Gasteiger partial charge is 0.433 e. The Kier molecular flexibility index (Phi) is 3.43. The van der Waals surface area contributed by atoms with Gasteiger partial charge < -0.3 is 0 Å². The molecule has 114 valence electrons. The third-order valence-corrected chi connectivity index (χ3v) is 4.05. The Morgan fingerprint density at radius 2 is 1.77 bits per heavy atom. The molecule has 0 aliphatic heterocycles. The van der Waals surface area contributed by atoms with E-state index in [9.17, 15) is 17.6 Å². The predicted molar refractivity (Wildman–Crippen MR) is 75.8 cm³/mol. The fraction of sp³-hybridized carbons (Fsp3) is 0.143. The smallest absolute Gasteiger partial charge is 0.227 e. The number of nitrogens with zero attached hydrogens (tertiary/aromatic N) is 3. The zero-order valence-corrected chi connectivity index (χ0v) is 12.7. The number of aromatic nitrogens is 3. The van der Waals surface area contributed by atoms with Crippen molar-refractivity contribution >= 4 is 21.6 Å². The lowest BCUT2D eigenvalue weighted by Crippen LogP contribution is -2.13. The van der Waals surface area contributed by atoms with Crippen LogP contribution < -0.4 is 0 Å². The van der Waals surface area contributed by atoms with Gasteiger partial charge in [0.25, 0.3) is 0 Å². The summed E-state index contributed by atoms with van der Waals surface area (Å²) in [5.74, 6) is -0.470. The van der Waals surface area contributed by atoms with Crippen LogP contribution in [0.3, 0.4) is 0 Å². The highest BCUT2D eigenvalue weighted by molar-refractivity contribution is 9.10. The molecule has 0 unspecified atom stereocenters. The first kappa shape index (κ1) is 15.0. The van der Waals surface area contributed by atoms with Crippen LogP contribution in [0.25, 0.3) is 16.9 Å². The maximum atomic E-state index is 13.3. The summed E-state index contributed by atoms with van der Waals surface area (Å²) in [5, 5.41) is 3.86. The summed E-state index contributed by atoms with van der Waals surface area (Å²) in [6, 6.07) is 6.01. The Labute approximate surface area is 130 Å². The van der Waals surface area contributed by atoms with Gasteiger partial charge in [-0.2, -0.15) is 18.3 Å². The standard InChI is InChI=1S/C14H8BrF4N3/c1-7-12(15)13-20-10(8-2-4-9(16)5-3-8)6-11(14(17,18)19)22(13)21-7/h2-6H,1H3. The van der Waals surface area contributed by atoms with E-state index >= 15 is 0 Å². The highest BCUT2D eigenvalue weighted by Gasteiger charge is 2.35. The molecule has 0 bridgehead atoms. The average molecular weight is 374 g/mol. The van der Waals surface area contributed by atoms with Crippen LogP contribution in [0.1, 0.15) is 11.4 Å². The van der Waals surface area contributed by atoms with Crippen molar-refractivity contribution in [2.75, 3.05) is 0 Å². The molecule has 0 fully saturated rings. The maximum absolute atomic E-state index is 13.3. The molecule has 1 aromatic carbocycles. The van der Waals surface area contributed by atoms with Gasteiger partial charge in [-0.25, -0.2) is 13.9 Å². The number of alkyl halides is 3. The van der Waals surface area contributed by atoms with Gasteiger partial charge in [-0.1, -0.05) is 0 Å². The number of hydrogen-bond acceptors (Lipinski definition) is 2. The zero-order valence-electron chi connectivity index (χ0n) is 11.1. The first-order valence-electron chi connectivity index (χ1n) is 6.16. The quantitative estimate of drug-likeness (QED) is 0.582. The van der Waals surface area contributed by atoms with E-state index in [0.29, 0.717) is 15.7 Å². The van der Waals surface area contributed by atoms with E-state index in [0.717, 1.165) is 10.6 Å². The van der Waals surface area contributed by atoms with Gasteiger partial charge >= 0.3 is 6.18 Å². The van der Waals surface area contributed by atoms with Crippen LogP contribution in [0.4, 0.5) is 17.6 Å². The lowest BCUT2D eigenvalue weighted by Gasteiger charge is -2.11. The Hall–Kier alpha value is -1.96. The van der Waals surface area contributed by atoms with Crippen LogP contribution in [0, 0.1) is 12.7 Å². The molecule has 0 saturated heterocycles. The Morgan fingerprint density at radius 1 is 1.14 bits per heavy atom. The predicted octanol–water partition coefficient (Wildman–Crippen LogP) is 4.63. The summed E-state index contributed by atoms with van der Waals surface area (Å²) in [4.78, 5) is 4.20. The van der Waals surface area contributed by atoms with Crippen LogP contribution in [-0.4, -0.2) is 14.6 Å². The van der Waals surface area contributed by atoms with Crippen LogP contribution in [-0.2, 0) is 6.18 Å². The van der Waals surface area contributed by atoms with Crippen molar-refractivity contribution in [3.8, 4) is 11.3 Å². The molecular formula is C14H8BrF4N3. The second-order valence-electron chi connectivity index (χ2n) is 4.67. The normalized spacial score (nSPS) is 12.1. The van der Waals surface area contributed by atoms with Gasteiger partial charge in [0.05, 0.1) is 15.9 Å². The van der Waals surface area contributed by atoms with E-state index in [4.69, 9.17) is 0 Å². The van der Waals surface area contributed by atoms with E-state index in [1.165, 1.54) is 24.3 Å². The zero-order chi connectivity index (χ0) is 16.1. The fourth-order valence-corrected chi connectivity index (χ4v) is 2.40. The van der Waals surface area contributed by atoms with E-state index in [1.807, 2.05) is 0 Å². The van der Waals surface area contributed by atoms with Gasteiger partial charge in [0.2, 0.25) is 0 Å². The number of halogens is 5. The molecule has 22 heavy (non-hydrogen) atoms. The van der Waals surface area contributed by atoms with Crippen LogP contribution in [0.15, 0.2) is 34.8 Å². The third kappa shape index (κ3) is 2.47. The lowest BCUT2D eigenvalue weighted by atomic mass is 10.1. The van der Waals surface area contributed by atoms with Crippen molar-refractivity contribution in [3.05, 3.63) is 52.0 Å². The maximum Gasteiger partial charge on any atom is 0.433 e. The molecule has 2 heterocycles. The average Bonchev–Trinajstić information content (AvgIpc) is 2.73. The molecule has 0 radical (unpaired) electrons. The van der Waals surface area contributed by atoms with E-state index in [-0.39, 0.29) is 11.3 Å². The first-order chi connectivity index (χ1) is 10.3. The molecule has 3 rings (SSSR count). The number of hydrogen-bond donors (Lipinski definition) is 0. The lowest BCUT2D eigenvalue weighted by molar-refractivity contribution is -0.142. The number of benzene rings is 1. The monoisotopic (exact) mass is 373 g/mol. The molecule has 0 spiro atoms. The van der Waals surface area contributed by atoms with E-state index in [1.54, 1.807) is 6.92 Å². The molecule has 0 amide bonds. The summed E-state index contributed by atoms with van der Waals surface area (Å²) < 4.78 is 53.9. The van der Waals surface area contributed by atoms with Crippen LogP contribution in [0.5, 0.6) is 0 Å². The summed E-state index contributed by atoms with van der Waals surface area (Å²) >= 11 is 3.20. The highest BCUT2D eigenvalue weighted by atomic mass is 79.9. The van der Waals surface area contributed by atoms with Crippen molar-refractivity contribution in [1.82, 2.24) is 14.6 Å². The fourth-order valence-electron chi connectivity index (χ4n) is 2.07. The van der Waals surface area contributed by atoms with Gasteiger partial charge in [0.15, 0.2) is 11.3 Å². The third-order valence-electron chi connectivity index (χ3n) is 3.12. The summed E-state index contributed by atoms with van der Waals surface area (Å²) in [5.41, 5.74) is 0.00658. The Balaban J connectivity index is 2.33. The van der Waals surface area contributed by atoms with Crippen molar-refractivity contribution in [2.45, 2.75) is 13.1 Å². The van der Waals surface area contributed by atoms with Crippen molar-refractivity contribution in [2.24, 2.45) is 0 Å². The Morgan fingerprint density at radius 3 is 2.36 bits per heavy atom. The summed E-state index contributed by atoms with van der Waals surface area (Å²) in [6.07, 6.45) is -4.59. The van der Waals surface area contributed by atoms with E-state index in [2.05, 4.69) is 26.0 Å². The second kappa shape index (κ2) is 5.05. The summed E-state index contributed by atoms with van der Waals surface area (Å²) in [6.45, 7) is 1.58. The number of rotatable bonds is 1. The molecule has 0 N–H and O–H groups in total. The molecule has 8 heteroatoms. The molecule has 0 atom stereocenters. The van der Waals surface area contributed by atoms with Gasteiger partial charge in [0, 0.05) is 5.56 Å². The SMILES string of the molecule is Cc1nn2c(C(F)(F)F)cc(-c3ccc(F)cc3)nc2c1Br. The van der Waals surface area contributed by atoms with Gasteiger partial charge in [-0.3, -0.25) is 0 Å². The van der Waals surface area contributed by atoms with Gasteiger partial charge in [0.1, 0.15) is 5.82 Å². The highest BCUT2D eigenvalue weighted by Crippen LogP contribution is 2.34. The minimum absolute atomic E-state index is 0.0617. The molecule has 0 aliphatic rings. The van der Waals surface area contributed by atoms with Crippen molar-refractivity contribution in [3.63, 3.8) is 0 Å².